The smallest absolute Gasteiger partial charge is 0.291 e. The number of hydrogen-bond donors (Lipinski definition) is 1. The number of nitrogens with zero attached hydrogens (tertiary/aromatic N) is 1. The Balaban J connectivity index is 2.19. The van der Waals surface area contributed by atoms with Crippen LogP contribution in [0.3, 0.4) is 0 Å². The van der Waals surface area contributed by atoms with Crippen molar-refractivity contribution in [3.05, 3.63) is 23.8 Å². The molecule has 0 aliphatic carbocycles. The van der Waals surface area contributed by atoms with E-state index in [0.29, 0.717) is 37.3 Å². The number of carbonyl (C=O) groups excluding carboxylic acids is 3. The summed E-state index contributed by atoms with van der Waals surface area (Å²) in [5.74, 6) is 0.363. The lowest BCUT2D eigenvalue weighted by Gasteiger charge is -2.29. The van der Waals surface area contributed by atoms with Crippen molar-refractivity contribution >= 4 is 29.4 Å². The SMILES string of the molecule is CCC(C)(C)C(=O)C(=O)N1CCC(C[C@H](C)c2ccc(OC)c(OC)c2)C1C(=O)S. The molecule has 1 amide bonds. The number of Topliss-reactive ketones (excluding diaryl/α,β-unsaturated/α-hetero) is 1. The van der Waals surface area contributed by atoms with Gasteiger partial charge in [0, 0.05) is 12.0 Å². The average Bonchev–Trinajstić information content (AvgIpc) is 3.15. The first kappa shape index (κ1) is 24.3. The summed E-state index contributed by atoms with van der Waals surface area (Å²) in [7, 11) is 3.19. The van der Waals surface area contributed by atoms with Crippen LogP contribution in [0.25, 0.3) is 0 Å². The molecule has 0 spiro atoms. The Morgan fingerprint density at radius 1 is 1.20 bits per heavy atom. The van der Waals surface area contributed by atoms with Crippen LogP contribution in [0.1, 0.15) is 58.4 Å². The summed E-state index contributed by atoms with van der Waals surface area (Å²) in [5.41, 5.74) is 0.317. The van der Waals surface area contributed by atoms with E-state index in [-0.39, 0.29) is 17.0 Å². The number of likely N-dealkylation sites (tertiary alicyclic amines) is 1. The van der Waals surface area contributed by atoms with Crippen molar-refractivity contribution in [1.82, 2.24) is 4.90 Å². The molecule has 1 aromatic carbocycles. The summed E-state index contributed by atoms with van der Waals surface area (Å²) < 4.78 is 10.7. The molecule has 7 heteroatoms. The van der Waals surface area contributed by atoms with Gasteiger partial charge in [-0.15, -0.1) is 12.6 Å². The van der Waals surface area contributed by atoms with Crippen LogP contribution in [0.2, 0.25) is 0 Å². The van der Waals surface area contributed by atoms with Crippen molar-refractivity contribution < 1.29 is 23.9 Å². The van der Waals surface area contributed by atoms with Crippen molar-refractivity contribution in [2.45, 2.75) is 58.9 Å². The molecule has 1 aliphatic heterocycles. The highest BCUT2D eigenvalue weighted by atomic mass is 32.1. The predicted molar refractivity (Wildman–Crippen MR) is 119 cm³/mol. The zero-order chi connectivity index (χ0) is 22.6. The summed E-state index contributed by atoms with van der Waals surface area (Å²) in [5, 5.41) is -0.368. The van der Waals surface area contributed by atoms with E-state index in [1.807, 2.05) is 25.1 Å². The molecule has 0 aromatic heterocycles. The summed E-state index contributed by atoms with van der Waals surface area (Å²) in [6.07, 6.45) is 1.92. The van der Waals surface area contributed by atoms with E-state index in [0.717, 1.165) is 5.56 Å². The highest BCUT2D eigenvalue weighted by Gasteiger charge is 2.45. The first-order valence-electron chi connectivity index (χ1n) is 10.4. The van der Waals surface area contributed by atoms with Crippen molar-refractivity contribution in [2.75, 3.05) is 20.8 Å². The third-order valence-electron chi connectivity index (χ3n) is 6.36. The maximum Gasteiger partial charge on any atom is 0.291 e. The van der Waals surface area contributed by atoms with Gasteiger partial charge in [0.15, 0.2) is 11.5 Å². The van der Waals surface area contributed by atoms with Crippen molar-refractivity contribution in [3.8, 4) is 11.5 Å². The zero-order valence-electron chi connectivity index (χ0n) is 18.7. The molecule has 166 valence electrons. The summed E-state index contributed by atoms with van der Waals surface area (Å²) in [6.45, 7) is 7.88. The van der Waals surface area contributed by atoms with Crippen LogP contribution >= 0.6 is 12.6 Å². The van der Waals surface area contributed by atoms with E-state index in [1.54, 1.807) is 28.1 Å². The fourth-order valence-electron chi connectivity index (χ4n) is 4.00. The molecule has 0 bridgehead atoms. The van der Waals surface area contributed by atoms with Gasteiger partial charge in [-0.1, -0.05) is 33.8 Å². The molecule has 3 atom stereocenters. The summed E-state index contributed by atoms with van der Waals surface area (Å²) >= 11 is 4.06. The fraction of sp³-hybridized carbons (Fsp3) is 0.609. The number of thiol groups is 1. The first-order chi connectivity index (χ1) is 14.1. The highest BCUT2D eigenvalue weighted by Crippen LogP contribution is 2.38. The quantitative estimate of drug-likeness (QED) is 0.471. The topological polar surface area (TPSA) is 72.9 Å². The maximum atomic E-state index is 12.9. The van der Waals surface area contributed by atoms with Gasteiger partial charge in [-0.3, -0.25) is 14.4 Å². The minimum atomic E-state index is -0.744. The molecular weight excluding hydrogens is 402 g/mol. The van der Waals surface area contributed by atoms with Gasteiger partial charge in [0.2, 0.25) is 10.9 Å². The third-order valence-corrected chi connectivity index (χ3v) is 6.63. The van der Waals surface area contributed by atoms with E-state index >= 15 is 0 Å². The number of amides is 1. The minimum absolute atomic E-state index is 0.0559. The Morgan fingerprint density at radius 3 is 2.37 bits per heavy atom. The fourth-order valence-corrected chi connectivity index (χ4v) is 4.35. The third kappa shape index (κ3) is 4.99. The summed E-state index contributed by atoms with van der Waals surface area (Å²) in [6, 6.07) is 5.10. The van der Waals surface area contributed by atoms with Gasteiger partial charge in [0.05, 0.1) is 14.2 Å². The molecule has 1 heterocycles. The van der Waals surface area contributed by atoms with Crippen LogP contribution in [0.4, 0.5) is 0 Å². The lowest BCUT2D eigenvalue weighted by atomic mass is 9.84. The standard InChI is InChI=1S/C23H33NO5S/c1-7-23(3,4)20(25)21(26)24-11-10-16(19(24)22(27)30)12-14(2)15-8-9-17(28-5)18(13-15)29-6/h8-9,13-14,16,19H,7,10-12H2,1-6H3,(H,27,30)/t14-,16?,19?/m0/s1. The van der Waals surface area contributed by atoms with Crippen molar-refractivity contribution in [3.63, 3.8) is 0 Å². The number of rotatable bonds is 9. The van der Waals surface area contributed by atoms with Gasteiger partial charge >= 0.3 is 0 Å². The van der Waals surface area contributed by atoms with E-state index in [4.69, 9.17) is 9.47 Å². The number of carbonyl (C=O) groups is 3. The molecule has 0 radical (unpaired) electrons. The van der Waals surface area contributed by atoms with Crippen LogP contribution in [-0.4, -0.2) is 48.5 Å². The van der Waals surface area contributed by atoms with E-state index in [9.17, 15) is 14.4 Å². The zero-order valence-corrected chi connectivity index (χ0v) is 19.6. The van der Waals surface area contributed by atoms with E-state index < -0.39 is 23.1 Å². The number of benzene rings is 1. The van der Waals surface area contributed by atoms with Gasteiger partial charge in [-0.2, -0.15) is 0 Å². The Hall–Kier alpha value is -2.02. The van der Waals surface area contributed by atoms with Gasteiger partial charge in [-0.05, 0) is 48.8 Å². The largest absolute Gasteiger partial charge is 0.493 e. The maximum absolute atomic E-state index is 12.9. The number of methoxy groups -OCH3 is 2. The van der Waals surface area contributed by atoms with Gasteiger partial charge in [-0.25, -0.2) is 0 Å². The molecule has 1 fully saturated rings. The Kier molecular flexibility index (Phi) is 7.97. The molecule has 0 N–H and O–H groups in total. The van der Waals surface area contributed by atoms with Crippen LogP contribution < -0.4 is 9.47 Å². The Labute approximate surface area is 184 Å². The molecule has 1 aromatic rings. The number of ketones is 1. The first-order valence-corrected chi connectivity index (χ1v) is 10.8. The second kappa shape index (κ2) is 9.86. The monoisotopic (exact) mass is 435 g/mol. The van der Waals surface area contributed by atoms with Crippen LogP contribution in [0.5, 0.6) is 11.5 Å². The Bertz CT molecular complexity index is 807. The predicted octanol–water partition coefficient (Wildman–Crippen LogP) is 3.88. The molecule has 1 saturated heterocycles. The average molecular weight is 436 g/mol. The van der Waals surface area contributed by atoms with E-state index in [2.05, 4.69) is 19.6 Å². The Morgan fingerprint density at radius 2 is 1.83 bits per heavy atom. The molecular formula is C23H33NO5S. The minimum Gasteiger partial charge on any atom is -0.493 e. The molecule has 2 unspecified atom stereocenters. The molecule has 2 rings (SSSR count). The van der Waals surface area contributed by atoms with Crippen LogP contribution in [0, 0.1) is 11.3 Å². The lowest BCUT2D eigenvalue weighted by Crippen LogP contribution is -2.48. The normalized spacial score (nSPS) is 20.0. The molecule has 0 saturated carbocycles. The van der Waals surface area contributed by atoms with Crippen LogP contribution in [0.15, 0.2) is 18.2 Å². The van der Waals surface area contributed by atoms with Crippen molar-refractivity contribution in [2.24, 2.45) is 11.3 Å². The number of ether oxygens (including phenoxy) is 2. The van der Waals surface area contributed by atoms with Gasteiger partial charge in [0.25, 0.3) is 5.91 Å². The molecule has 6 nitrogen and oxygen atoms in total. The number of hydrogen-bond acceptors (Lipinski definition) is 5. The second-order valence-electron chi connectivity index (χ2n) is 8.65. The second-order valence-corrected chi connectivity index (χ2v) is 9.09. The van der Waals surface area contributed by atoms with Gasteiger partial charge in [0.1, 0.15) is 6.04 Å². The van der Waals surface area contributed by atoms with Gasteiger partial charge < -0.3 is 14.4 Å². The van der Waals surface area contributed by atoms with Crippen molar-refractivity contribution in [1.29, 1.82) is 0 Å². The van der Waals surface area contributed by atoms with Crippen LogP contribution in [-0.2, 0) is 14.4 Å². The summed E-state index contributed by atoms with van der Waals surface area (Å²) in [4.78, 5) is 39.3. The van der Waals surface area contributed by atoms with E-state index in [1.165, 1.54) is 4.90 Å². The highest BCUT2D eigenvalue weighted by molar-refractivity contribution is 7.96. The molecule has 1 aliphatic rings. The lowest BCUT2D eigenvalue weighted by molar-refractivity contribution is -0.150. The molecule has 30 heavy (non-hydrogen) atoms.